The lowest BCUT2D eigenvalue weighted by Crippen LogP contribution is -2.29. The van der Waals surface area contributed by atoms with Crippen LogP contribution in [0, 0.1) is 5.21 Å². The highest BCUT2D eigenvalue weighted by Crippen LogP contribution is 2.25. The van der Waals surface area contributed by atoms with Crippen molar-refractivity contribution in [3.05, 3.63) is 29.0 Å². The lowest BCUT2D eigenvalue weighted by atomic mass is 10.1. The van der Waals surface area contributed by atoms with E-state index in [0.717, 1.165) is 15.2 Å². The van der Waals surface area contributed by atoms with Crippen molar-refractivity contribution in [1.82, 2.24) is 0 Å². The Morgan fingerprint density at radius 2 is 1.82 bits per heavy atom. The summed E-state index contributed by atoms with van der Waals surface area (Å²) in [5.74, 6) is 0. The smallest absolute Gasteiger partial charge is 0.183 e. The van der Waals surface area contributed by atoms with Crippen LogP contribution in [0.1, 0.15) is 26.3 Å². The van der Waals surface area contributed by atoms with Crippen LogP contribution in [0.15, 0.2) is 28.0 Å². The highest BCUT2D eigenvalue weighted by atomic mass is 32.2. The van der Waals surface area contributed by atoms with Crippen LogP contribution < -0.4 is 0 Å². The van der Waals surface area contributed by atoms with Crippen LogP contribution >= 0.6 is 23.5 Å². The predicted molar refractivity (Wildman–Crippen MR) is 78.6 cm³/mol. The first-order valence-corrected chi connectivity index (χ1v) is 7.87. The number of hydroxylamine groups is 1. The molecule has 0 N–H and O–H groups in total. The topological polar surface area (TPSA) is 26.1 Å². The molecule has 17 heavy (non-hydrogen) atoms. The Morgan fingerprint density at radius 3 is 2.29 bits per heavy atom. The van der Waals surface area contributed by atoms with Gasteiger partial charge in [0, 0.05) is 30.6 Å². The van der Waals surface area contributed by atoms with E-state index in [1.54, 1.807) is 29.7 Å². The van der Waals surface area contributed by atoms with Gasteiger partial charge in [-0.1, -0.05) is 0 Å². The van der Waals surface area contributed by atoms with Gasteiger partial charge in [0.25, 0.3) is 0 Å². The molecule has 0 aliphatic heterocycles. The first kappa shape index (κ1) is 14.5. The van der Waals surface area contributed by atoms with Crippen LogP contribution in [-0.4, -0.2) is 29.0 Å². The van der Waals surface area contributed by atoms with Gasteiger partial charge in [-0.05, 0) is 30.7 Å². The molecule has 0 aliphatic carbocycles. The monoisotopic (exact) mass is 269 g/mol. The number of benzene rings is 1. The molecule has 0 saturated carbocycles. The second-order valence-electron chi connectivity index (χ2n) is 4.73. The molecule has 1 rings (SSSR count). The summed E-state index contributed by atoms with van der Waals surface area (Å²) in [5.41, 5.74) is 0.591. The summed E-state index contributed by atoms with van der Waals surface area (Å²) >= 11 is 3.38. The number of hydrogen-bond acceptors (Lipinski definition) is 3. The standard InChI is InChI=1S/C13H19NOS2/c1-13(2,3)14(15)9-10-6-7-11(16-4)8-12(10)17-5/h6-9H,1-5H3. The van der Waals surface area contributed by atoms with Crippen LogP contribution in [0.25, 0.3) is 0 Å². The van der Waals surface area contributed by atoms with Gasteiger partial charge in [0.1, 0.15) is 0 Å². The van der Waals surface area contributed by atoms with Gasteiger partial charge in [0.05, 0.1) is 5.56 Å². The molecule has 4 heteroatoms. The molecule has 94 valence electrons. The van der Waals surface area contributed by atoms with Crippen molar-refractivity contribution in [2.75, 3.05) is 12.5 Å². The van der Waals surface area contributed by atoms with Crippen molar-refractivity contribution in [3.8, 4) is 0 Å². The first-order valence-electron chi connectivity index (χ1n) is 5.42. The van der Waals surface area contributed by atoms with Gasteiger partial charge < -0.3 is 5.21 Å². The van der Waals surface area contributed by atoms with Crippen LogP contribution in [0.3, 0.4) is 0 Å². The summed E-state index contributed by atoms with van der Waals surface area (Å²) in [6, 6.07) is 6.18. The molecular formula is C13H19NOS2. The largest absolute Gasteiger partial charge is 0.623 e. The Balaban J connectivity index is 3.15. The molecule has 0 fully saturated rings. The van der Waals surface area contributed by atoms with E-state index in [2.05, 4.69) is 12.3 Å². The molecule has 0 amide bonds. The van der Waals surface area contributed by atoms with E-state index in [1.165, 1.54) is 4.90 Å². The fourth-order valence-electron chi connectivity index (χ4n) is 1.25. The van der Waals surface area contributed by atoms with Gasteiger partial charge in [0.2, 0.25) is 0 Å². The molecule has 0 aliphatic rings. The fraction of sp³-hybridized carbons (Fsp3) is 0.462. The van der Waals surface area contributed by atoms with E-state index in [-0.39, 0.29) is 0 Å². The molecule has 1 aromatic carbocycles. The zero-order valence-corrected chi connectivity index (χ0v) is 12.6. The lowest BCUT2D eigenvalue weighted by molar-refractivity contribution is -0.530. The van der Waals surface area contributed by atoms with Gasteiger partial charge in [-0.2, -0.15) is 0 Å². The first-order chi connectivity index (χ1) is 7.88. The van der Waals surface area contributed by atoms with E-state index < -0.39 is 5.54 Å². The van der Waals surface area contributed by atoms with Gasteiger partial charge in [-0.15, -0.1) is 23.5 Å². The molecule has 0 spiro atoms. The average Bonchev–Trinajstić information content (AvgIpc) is 2.28. The number of rotatable bonds is 3. The maximum atomic E-state index is 11.9. The van der Waals surface area contributed by atoms with Crippen LogP contribution in [-0.2, 0) is 0 Å². The molecule has 0 radical (unpaired) electrons. The third kappa shape index (κ3) is 3.96. The molecule has 1 aromatic rings. The van der Waals surface area contributed by atoms with Crippen LogP contribution in [0.4, 0.5) is 0 Å². The van der Waals surface area contributed by atoms with Crippen molar-refractivity contribution in [1.29, 1.82) is 0 Å². The summed E-state index contributed by atoms with van der Waals surface area (Å²) in [6.07, 6.45) is 5.76. The van der Waals surface area contributed by atoms with E-state index in [9.17, 15) is 5.21 Å². The zero-order chi connectivity index (χ0) is 13.1. The minimum atomic E-state index is -0.395. The van der Waals surface area contributed by atoms with E-state index in [4.69, 9.17) is 0 Å². The minimum absolute atomic E-state index is 0.395. The third-order valence-corrected chi connectivity index (χ3v) is 3.88. The van der Waals surface area contributed by atoms with E-state index in [1.807, 2.05) is 39.2 Å². The summed E-state index contributed by atoms with van der Waals surface area (Å²) in [7, 11) is 0. The molecule has 0 saturated heterocycles. The number of hydrogen-bond donors (Lipinski definition) is 0. The number of nitrogens with zero attached hydrogens (tertiary/aromatic N) is 1. The van der Waals surface area contributed by atoms with Crippen molar-refractivity contribution in [2.45, 2.75) is 36.1 Å². The van der Waals surface area contributed by atoms with E-state index >= 15 is 0 Å². The van der Waals surface area contributed by atoms with Crippen molar-refractivity contribution in [2.24, 2.45) is 0 Å². The van der Waals surface area contributed by atoms with Crippen molar-refractivity contribution >= 4 is 29.7 Å². The summed E-state index contributed by atoms with van der Waals surface area (Å²) in [4.78, 5) is 2.36. The molecule has 0 aromatic heterocycles. The second-order valence-corrected chi connectivity index (χ2v) is 6.46. The molecule has 0 unspecified atom stereocenters. The molecular weight excluding hydrogens is 250 g/mol. The third-order valence-electron chi connectivity index (χ3n) is 2.36. The lowest BCUT2D eigenvalue weighted by Gasteiger charge is -2.19. The van der Waals surface area contributed by atoms with Gasteiger partial charge in [-0.3, -0.25) is 0 Å². The zero-order valence-electron chi connectivity index (χ0n) is 11.0. The van der Waals surface area contributed by atoms with Gasteiger partial charge >= 0.3 is 0 Å². The average molecular weight is 269 g/mol. The fourth-order valence-corrected chi connectivity index (χ4v) is 2.36. The molecule has 0 heterocycles. The van der Waals surface area contributed by atoms with Crippen molar-refractivity contribution < 1.29 is 4.74 Å². The Hall–Kier alpha value is -0.610. The highest BCUT2D eigenvalue weighted by molar-refractivity contribution is 7.99. The van der Waals surface area contributed by atoms with E-state index in [0.29, 0.717) is 0 Å². The Kier molecular flexibility index (Phi) is 4.95. The molecule has 0 bridgehead atoms. The molecule has 2 nitrogen and oxygen atoms in total. The van der Waals surface area contributed by atoms with Crippen molar-refractivity contribution in [3.63, 3.8) is 0 Å². The minimum Gasteiger partial charge on any atom is -0.623 e. The number of thioether (sulfide) groups is 2. The highest BCUT2D eigenvalue weighted by Gasteiger charge is 2.18. The van der Waals surface area contributed by atoms with Gasteiger partial charge in [-0.25, -0.2) is 4.74 Å². The summed E-state index contributed by atoms with van der Waals surface area (Å²) in [6.45, 7) is 5.72. The summed E-state index contributed by atoms with van der Waals surface area (Å²) in [5, 5.41) is 11.9. The SMILES string of the molecule is CSc1ccc(C=[N+]([O-])C(C)(C)C)c(SC)c1. The summed E-state index contributed by atoms with van der Waals surface area (Å²) < 4.78 is 1.01. The molecule has 0 atom stereocenters. The quantitative estimate of drug-likeness (QED) is 0.274. The van der Waals surface area contributed by atoms with Gasteiger partial charge in [0.15, 0.2) is 11.8 Å². The maximum absolute atomic E-state index is 11.9. The second kappa shape index (κ2) is 5.83. The predicted octanol–water partition coefficient (Wildman–Crippen LogP) is 3.86. The van der Waals surface area contributed by atoms with Crippen LogP contribution in [0.5, 0.6) is 0 Å². The maximum Gasteiger partial charge on any atom is 0.183 e. The Labute approximate surface area is 112 Å². The normalized spacial score (nSPS) is 12.9. The Bertz CT molecular complexity index is 422. The van der Waals surface area contributed by atoms with Crippen LogP contribution in [0.2, 0.25) is 0 Å². The Morgan fingerprint density at radius 1 is 1.18 bits per heavy atom.